The van der Waals surface area contributed by atoms with E-state index < -0.39 is 5.60 Å². The third-order valence-electron chi connectivity index (χ3n) is 3.72. The largest absolute Gasteiger partial charge is 0.370 e. The Morgan fingerprint density at radius 3 is 2.59 bits per heavy atom. The molecule has 17 heavy (non-hydrogen) atoms. The van der Waals surface area contributed by atoms with E-state index >= 15 is 0 Å². The summed E-state index contributed by atoms with van der Waals surface area (Å²) in [6, 6.07) is 1.62. The summed E-state index contributed by atoms with van der Waals surface area (Å²) in [5, 5.41) is 0. The number of nitrogens with one attached hydrogen (secondary N) is 1. The number of ether oxygens (including phenoxy) is 1. The molecular weight excluding hydrogens is 216 g/mol. The van der Waals surface area contributed by atoms with Gasteiger partial charge in [0.25, 0.3) is 5.56 Å². The number of aromatic nitrogens is 2. The third-order valence-corrected chi connectivity index (χ3v) is 3.72. The molecule has 1 N–H and O–H groups in total. The van der Waals surface area contributed by atoms with E-state index in [1.54, 1.807) is 13.2 Å². The molecule has 0 atom stereocenters. The molecule has 1 aliphatic rings. The van der Waals surface area contributed by atoms with E-state index in [1.165, 1.54) is 0 Å². The molecule has 1 aromatic rings. The van der Waals surface area contributed by atoms with Gasteiger partial charge in [0.1, 0.15) is 11.4 Å². The highest BCUT2D eigenvalue weighted by Crippen LogP contribution is 2.39. The van der Waals surface area contributed by atoms with Crippen LogP contribution in [0.3, 0.4) is 0 Å². The minimum atomic E-state index is -0.454. The summed E-state index contributed by atoms with van der Waals surface area (Å²) in [6.45, 7) is 4.10. The van der Waals surface area contributed by atoms with Gasteiger partial charge in [-0.3, -0.25) is 4.79 Å². The van der Waals surface area contributed by atoms with Gasteiger partial charge in [0.2, 0.25) is 0 Å². The fourth-order valence-corrected chi connectivity index (χ4v) is 2.25. The molecule has 1 aromatic heterocycles. The second kappa shape index (κ2) is 4.61. The first-order valence-corrected chi connectivity index (χ1v) is 6.32. The molecule has 1 saturated carbocycles. The third kappa shape index (κ3) is 2.27. The van der Waals surface area contributed by atoms with E-state index in [0.29, 0.717) is 11.7 Å². The fraction of sp³-hybridized carbons (Fsp3) is 0.692. The van der Waals surface area contributed by atoms with Crippen LogP contribution in [-0.2, 0) is 10.3 Å². The monoisotopic (exact) mass is 236 g/mol. The minimum absolute atomic E-state index is 0.0692. The number of aromatic amines is 1. The Hall–Kier alpha value is -1.16. The first-order valence-electron chi connectivity index (χ1n) is 6.32. The van der Waals surface area contributed by atoms with Gasteiger partial charge in [0.05, 0.1) is 5.69 Å². The van der Waals surface area contributed by atoms with Gasteiger partial charge in [-0.05, 0) is 25.7 Å². The first-order chi connectivity index (χ1) is 8.15. The van der Waals surface area contributed by atoms with Crippen LogP contribution >= 0.6 is 0 Å². The van der Waals surface area contributed by atoms with Gasteiger partial charge in [0, 0.05) is 19.1 Å². The number of H-pyrrole nitrogens is 1. The first kappa shape index (κ1) is 12.3. The molecule has 0 spiro atoms. The molecule has 0 unspecified atom stereocenters. The molecule has 0 saturated heterocycles. The van der Waals surface area contributed by atoms with E-state index in [-0.39, 0.29) is 5.56 Å². The van der Waals surface area contributed by atoms with E-state index in [9.17, 15) is 4.79 Å². The molecular formula is C13H20N2O2. The van der Waals surface area contributed by atoms with Gasteiger partial charge in [-0.15, -0.1) is 0 Å². The molecule has 1 heterocycles. The van der Waals surface area contributed by atoms with Crippen molar-refractivity contribution in [3.8, 4) is 0 Å². The Labute approximate surface area is 101 Å². The zero-order valence-electron chi connectivity index (χ0n) is 10.7. The Balaban J connectivity index is 2.45. The molecule has 0 aliphatic heterocycles. The van der Waals surface area contributed by atoms with E-state index in [4.69, 9.17) is 4.74 Å². The summed E-state index contributed by atoms with van der Waals surface area (Å²) >= 11 is 0. The van der Waals surface area contributed by atoms with Gasteiger partial charge in [0.15, 0.2) is 0 Å². The Morgan fingerprint density at radius 1 is 1.47 bits per heavy atom. The highest BCUT2D eigenvalue weighted by molar-refractivity contribution is 5.16. The number of rotatable bonds is 5. The molecule has 1 aliphatic carbocycles. The normalized spacial score (nSPS) is 16.2. The van der Waals surface area contributed by atoms with E-state index in [0.717, 1.165) is 31.4 Å². The van der Waals surface area contributed by atoms with E-state index in [2.05, 4.69) is 23.8 Å². The molecule has 94 valence electrons. The van der Waals surface area contributed by atoms with Gasteiger partial charge in [-0.2, -0.15) is 0 Å². The van der Waals surface area contributed by atoms with Crippen LogP contribution in [0.25, 0.3) is 0 Å². The van der Waals surface area contributed by atoms with Crippen molar-refractivity contribution in [2.75, 3.05) is 7.11 Å². The molecule has 4 heteroatoms. The van der Waals surface area contributed by atoms with Crippen molar-refractivity contribution in [1.82, 2.24) is 9.97 Å². The van der Waals surface area contributed by atoms with Crippen molar-refractivity contribution >= 4 is 0 Å². The van der Waals surface area contributed by atoms with Gasteiger partial charge in [-0.25, -0.2) is 4.98 Å². The highest BCUT2D eigenvalue weighted by atomic mass is 16.5. The topological polar surface area (TPSA) is 55.0 Å². The number of nitrogens with zero attached hydrogens (tertiary/aromatic N) is 1. The highest BCUT2D eigenvalue weighted by Gasteiger charge is 2.33. The van der Waals surface area contributed by atoms with Gasteiger partial charge >= 0.3 is 0 Å². The van der Waals surface area contributed by atoms with Gasteiger partial charge < -0.3 is 9.72 Å². The maximum Gasteiger partial charge on any atom is 0.251 e. The molecule has 0 amide bonds. The molecule has 2 rings (SSSR count). The molecule has 4 nitrogen and oxygen atoms in total. The van der Waals surface area contributed by atoms with Crippen molar-refractivity contribution in [3.63, 3.8) is 0 Å². The van der Waals surface area contributed by atoms with Crippen molar-refractivity contribution in [2.45, 2.75) is 51.0 Å². The Bertz CT molecular complexity index is 437. The lowest BCUT2D eigenvalue weighted by molar-refractivity contribution is -0.0295. The standard InChI is InChI=1S/C13H20N2O2/c1-4-13(5-2,17-3)12-14-10(9-6-7-9)8-11(16)15-12/h8-9H,4-7H2,1-3H3,(H,14,15,16). The predicted octanol–water partition coefficient (Wildman–Crippen LogP) is 2.31. The summed E-state index contributed by atoms with van der Waals surface area (Å²) in [4.78, 5) is 19.1. The van der Waals surface area contributed by atoms with E-state index in [1.807, 2.05) is 0 Å². The molecule has 0 bridgehead atoms. The maximum absolute atomic E-state index is 11.7. The van der Waals surface area contributed by atoms with Crippen LogP contribution in [-0.4, -0.2) is 17.1 Å². The van der Waals surface area contributed by atoms with Crippen molar-refractivity contribution in [1.29, 1.82) is 0 Å². The van der Waals surface area contributed by atoms with Crippen LogP contribution in [0, 0.1) is 0 Å². The SMILES string of the molecule is CCC(CC)(OC)c1nc(C2CC2)cc(=O)[nH]1. The minimum Gasteiger partial charge on any atom is -0.370 e. The zero-order chi connectivity index (χ0) is 12.5. The summed E-state index contributed by atoms with van der Waals surface area (Å²) in [5.74, 6) is 1.17. The second-order valence-corrected chi connectivity index (χ2v) is 4.70. The van der Waals surface area contributed by atoms with Crippen LogP contribution in [0.5, 0.6) is 0 Å². The van der Waals surface area contributed by atoms with Crippen LogP contribution < -0.4 is 5.56 Å². The average molecular weight is 236 g/mol. The predicted molar refractivity (Wildman–Crippen MR) is 66.1 cm³/mol. The molecule has 0 radical (unpaired) electrons. The number of hydrogen-bond acceptors (Lipinski definition) is 3. The number of hydrogen-bond donors (Lipinski definition) is 1. The Morgan fingerprint density at radius 2 is 2.12 bits per heavy atom. The molecule has 0 aromatic carbocycles. The maximum atomic E-state index is 11.7. The number of methoxy groups -OCH3 is 1. The quantitative estimate of drug-likeness (QED) is 0.853. The summed E-state index contributed by atoms with van der Waals surface area (Å²) in [7, 11) is 1.68. The van der Waals surface area contributed by atoms with Crippen molar-refractivity contribution in [2.24, 2.45) is 0 Å². The van der Waals surface area contributed by atoms with Crippen LogP contribution in [0.15, 0.2) is 10.9 Å². The van der Waals surface area contributed by atoms with Gasteiger partial charge in [-0.1, -0.05) is 13.8 Å². The summed E-state index contributed by atoms with van der Waals surface area (Å²) < 4.78 is 5.60. The lowest BCUT2D eigenvalue weighted by Crippen LogP contribution is -2.32. The van der Waals surface area contributed by atoms with Crippen LogP contribution in [0.2, 0.25) is 0 Å². The van der Waals surface area contributed by atoms with Crippen molar-refractivity contribution < 1.29 is 4.74 Å². The smallest absolute Gasteiger partial charge is 0.251 e. The zero-order valence-corrected chi connectivity index (χ0v) is 10.7. The lowest BCUT2D eigenvalue weighted by Gasteiger charge is -2.29. The fourth-order valence-electron chi connectivity index (χ4n) is 2.25. The van der Waals surface area contributed by atoms with Crippen molar-refractivity contribution in [3.05, 3.63) is 27.9 Å². The van der Waals surface area contributed by atoms with Crippen LogP contribution in [0.4, 0.5) is 0 Å². The lowest BCUT2D eigenvalue weighted by atomic mass is 9.96. The average Bonchev–Trinajstić information content (AvgIpc) is 3.15. The van der Waals surface area contributed by atoms with Crippen LogP contribution in [0.1, 0.15) is 57.0 Å². The Kier molecular flexibility index (Phi) is 3.33. The molecule has 1 fully saturated rings. The second-order valence-electron chi connectivity index (χ2n) is 4.70. The summed E-state index contributed by atoms with van der Waals surface area (Å²) in [5.41, 5.74) is 0.400. The summed E-state index contributed by atoms with van der Waals surface area (Å²) in [6.07, 6.45) is 3.90.